The Hall–Kier alpha value is -3.25. The van der Waals surface area contributed by atoms with Crippen LogP contribution < -0.4 is 10.6 Å². The molecule has 26 heavy (non-hydrogen) atoms. The third-order valence-corrected chi connectivity index (χ3v) is 3.69. The van der Waals surface area contributed by atoms with Gasteiger partial charge in [0, 0.05) is 16.9 Å². The third-order valence-electron chi connectivity index (χ3n) is 3.45. The van der Waals surface area contributed by atoms with E-state index in [4.69, 9.17) is 11.6 Å². The van der Waals surface area contributed by atoms with Crippen LogP contribution in [0.1, 0.15) is 26.7 Å². The number of halogens is 1. The van der Waals surface area contributed by atoms with E-state index in [1.165, 1.54) is 6.07 Å². The standard InChI is InChI=1S/C19H15ClN4O2/c20-13-5-3-7-14(11-13)23-19(26)17-9-4-8-16(24-17)18(25)22-12-15-6-1-2-10-21-15/h1-11H,12H2,(H,22,25)(H,23,26). The number of hydrogen-bond donors (Lipinski definition) is 2. The van der Waals surface area contributed by atoms with Crippen LogP contribution in [0.25, 0.3) is 0 Å². The van der Waals surface area contributed by atoms with Crippen molar-refractivity contribution in [1.82, 2.24) is 15.3 Å². The second-order valence-electron chi connectivity index (χ2n) is 5.38. The molecule has 0 spiro atoms. The fourth-order valence-electron chi connectivity index (χ4n) is 2.21. The average molecular weight is 367 g/mol. The van der Waals surface area contributed by atoms with Crippen molar-refractivity contribution in [2.45, 2.75) is 6.54 Å². The SMILES string of the molecule is O=C(NCc1ccccn1)c1cccc(C(=O)Nc2cccc(Cl)c2)n1. The van der Waals surface area contributed by atoms with Crippen LogP contribution in [-0.4, -0.2) is 21.8 Å². The molecule has 0 unspecified atom stereocenters. The summed E-state index contributed by atoms with van der Waals surface area (Å²) in [4.78, 5) is 32.8. The van der Waals surface area contributed by atoms with Crippen LogP contribution in [0.15, 0.2) is 66.9 Å². The van der Waals surface area contributed by atoms with Crippen LogP contribution in [-0.2, 0) is 6.54 Å². The monoisotopic (exact) mass is 366 g/mol. The lowest BCUT2D eigenvalue weighted by Gasteiger charge is -2.07. The summed E-state index contributed by atoms with van der Waals surface area (Å²) in [5.41, 5.74) is 1.57. The number of pyridine rings is 2. The summed E-state index contributed by atoms with van der Waals surface area (Å²) in [5, 5.41) is 5.93. The van der Waals surface area contributed by atoms with Gasteiger partial charge < -0.3 is 10.6 Å². The van der Waals surface area contributed by atoms with Crippen molar-refractivity contribution in [3.05, 3.63) is 89.0 Å². The Morgan fingerprint density at radius 3 is 2.42 bits per heavy atom. The van der Waals surface area contributed by atoms with Crippen LogP contribution in [0.5, 0.6) is 0 Å². The van der Waals surface area contributed by atoms with Crippen molar-refractivity contribution in [2.24, 2.45) is 0 Å². The molecule has 0 aliphatic heterocycles. The number of carbonyl (C=O) groups excluding carboxylic acids is 2. The summed E-state index contributed by atoms with van der Waals surface area (Å²) < 4.78 is 0. The van der Waals surface area contributed by atoms with Gasteiger partial charge in [-0.05, 0) is 42.5 Å². The van der Waals surface area contributed by atoms with Crippen molar-refractivity contribution >= 4 is 29.1 Å². The highest BCUT2D eigenvalue weighted by Gasteiger charge is 2.13. The maximum Gasteiger partial charge on any atom is 0.274 e. The molecule has 0 bridgehead atoms. The Labute approximate surface area is 155 Å². The molecule has 0 aliphatic carbocycles. The smallest absolute Gasteiger partial charge is 0.274 e. The number of benzene rings is 1. The van der Waals surface area contributed by atoms with Gasteiger partial charge in [0.2, 0.25) is 0 Å². The first kappa shape index (κ1) is 17.6. The summed E-state index contributed by atoms with van der Waals surface area (Å²) in [7, 11) is 0. The van der Waals surface area contributed by atoms with Crippen molar-refractivity contribution in [3.8, 4) is 0 Å². The lowest BCUT2D eigenvalue weighted by Crippen LogP contribution is -2.25. The molecular weight excluding hydrogens is 352 g/mol. The molecule has 0 fully saturated rings. The minimum absolute atomic E-state index is 0.135. The van der Waals surface area contributed by atoms with Crippen LogP contribution in [0.4, 0.5) is 5.69 Å². The number of anilines is 1. The first-order valence-corrected chi connectivity index (χ1v) is 8.22. The number of carbonyl (C=O) groups is 2. The lowest BCUT2D eigenvalue weighted by molar-refractivity contribution is 0.0945. The molecule has 130 valence electrons. The Morgan fingerprint density at radius 2 is 1.69 bits per heavy atom. The second kappa shape index (κ2) is 8.22. The molecule has 1 aromatic carbocycles. The predicted octanol–water partition coefficient (Wildman–Crippen LogP) is 3.31. The molecule has 2 amide bonds. The molecule has 2 N–H and O–H groups in total. The van der Waals surface area contributed by atoms with Gasteiger partial charge >= 0.3 is 0 Å². The van der Waals surface area contributed by atoms with Gasteiger partial charge in [-0.15, -0.1) is 0 Å². The molecule has 2 heterocycles. The summed E-state index contributed by atoms with van der Waals surface area (Å²) in [6.07, 6.45) is 1.65. The van der Waals surface area contributed by atoms with E-state index in [0.717, 1.165) is 5.69 Å². The number of rotatable bonds is 5. The largest absolute Gasteiger partial charge is 0.345 e. The maximum atomic E-state index is 12.3. The maximum absolute atomic E-state index is 12.3. The minimum Gasteiger partial charge on any atom is -0.345 e. The highest BCUT2D eigenvalue weighted by Crippen LogP contribution is 2.15. The van der Waals surface area contributed by atoms with Crippen molar-refractivity contribution in [2.75, 3.05) is 5.32 Å². The fraction of sp³-hybridized carbons (Fsp3) is 0.0526. The molecule has 0 saturated heterocycles. The lowest BCUT2D eigenvalue weighted by atomic mass is 10.2. The first-order valence-electron chi connectivity index (χ1n) is 7.84. The zero-order valence-corrected chi connectivity index (χ0v) is 14.4. The number of hydrogen-bond acceptors (Lipinski definition) is 4. The molecule has 0 saturated carbocycles. The zero-order chi connectivity index (χ0) is 18.4. The Kier molecular flexibility index (Phi) is 5.56. The summed E-state index contributed by atoms with van der Waals surface area (Å²) in [5.74, 6) is -0.806. The number of amides is 2. The van der Waals surface area contributed by atoms with Crippen LogP contribution in [0, 0.1) is 0 Å². The van der Waals surface area contributed by atoms with E-state index in [9.17, 15) is 9.59 Å². The van der Waals surface area contributed by atoms with Crippen molar-refractivity contribution in [1.29, 1.82) is 0 Å². The summed E-state index contributed by atoms with van der Waals surface area (Å²) in [6.45, 7) is 0.278. The van der Waals surface area contributed by atoms with Crippen LogP contribution in [0.2, 0.25) is 5.02 Å². The molecule has 3 aromatic rings. The highest BCUT2D eigenvalue weighted by molar-refractivity contribution is 6.30. The number of nitrogens with zero attached hydrogens (tertiary/aromatic N) is 2. The van der Waals surface area contributed by atoms with Gasteiger partial charge in [0.05, 0.1) is 12.2 Å². The molecule has 2 aromatic heterocycles. The minimum atomic E-state index is -0.424. The Bertz CT molecular complexity index is 932. The zero-order valence-electron chi connectivity index (χ0n) is 13.6. The average Bonchev–Trinajstić information content (AvgIpc) is 2.67. The van der Waals surface area contributed by atoms with Gasteiger partial charge in [0.25, 0.3) is 11.8 Å². The number of nitrogens with one attached hydrogen (secondary N) is 2. The second-order valence-corrected chi connectivity index (χ2v) is 5.81. The van der Waals surface area contributed by atoms with Gasteiger partial charge in [-0.25, -0.2) is 4.98 Å². The van der Waals surface area contributed by atoms with E-state index in [2.05, 4.69) is 20.6 Å². The molecular formula is C19H15ClN4O2. The molecule has 6 nitrogen and oxygen atoms in total. The van der Waals surface area contributed by atoms with Crippen LogP contribution in [0.3, 0.4) is 0 Å². The molecule has 0 aliphatic rings. The molecule has 7 heteroatoms. The Morgan fingerprint density at radius 1 is 0.923 bits per heavy atom. The summed E-state index contributed by atoms with van der Waals surface area (Å²) in [6, 6.07) is 16.9. The predicted molar refractivity (Wildman–Crippen MR) is 99.0 cm³/mol. The van der Waals surface area contributed by atoms with Gasteiger partial charge in [-0.3, -0.25) is 14.6 Å². The van der Waals surface area contributed by atoms with E-state index in [1.807, 2.05) is 12.1 Å². The van der Waals surface area contributed by atoms with E-state index in [0.29, 0.717) is 10.7 Å². The quantitative estimate of drug-likeness (QED) is 0.725. The van der Waals surface area contributed by atoms with Gasteiger partial charge in [-0.1, -0.05) is 29.8 Å². The highest BCUT2D eigenvalue weighted by atomic mass is 35.5. The third kappa shape index (κ3) is 4.64. The van der Waals surface area contributed by atoms with E-state index >= 15 is 0 Å². The molecule has 3 rings (SSSR count). The van der Waals surface area contributed by atoms with Gasteiger partial charge in [0.1, 0.15) is 11.4 Å². The summed E-state index contributed by atoms with van der Waals surface area (Å²) >= 11 is 5.90. The van der Waals surface area contributed by atoms with Gasteiger partial charge in [0.15, 0.2) is 0 Å². The number of aromatic nitrogens is 2. The molecule has 0 atom stereocenters. The van der Waals surface area contributed by atoms with Crippen LogP contribution >= 0.6 is 11.6 Å². The van der Waals surface area contributed by atoms with E-state index < -0.39 is 5.91 Å². The fourth-order valence-corrected chi connectivity index (χ4v) is 2.40. The first-order chi connectivity index (χ1) is 12.6. The van der Waals surface area contributed by atoms with Crippen molar-refractivity contribution < 1.29 is 9.59 Å². The topological polar surface area (TPSA) is 84.0 Å². The Balaban J connectivity index is 1.67. The normalized spacial score (nSPS) is 10.2. The van der Waals surface area contributed by atoms with E-state index in [-0.39, 0.29) is 23.8 Å². The van der Waals surface area contributed by atoms with E-state index in [1.54, 1.807) is 48.7 Å². The van der Waals surface area contributed by atoms with Gasteiger partial charge in [-0.2, -0.15) is 0 Å². The van der Waals surface area contributed by atoms with Crippen molar-refractivity contribution in [3.63, 3.8) is 0 Å². The molecule has 0 radical (unpaired) electrons.